The summed E-state index contributed by atoms with van der Waals surface area (Å²) in [6, 6.07) is 2.91. The second-order valence-electron chi connectivity index (χ2n) is 4.31. The number of esters is 1. The average molecular weight is 315 g/mol. The Kier molecular flexibility index (Phi) is 6.25. The summed E-state index contributed by atoms with van der Waals surface area (Å²) in [4.78, 5) is 11.3. The number of alkyl halides is 3. The summed E-state index contributed by atoms with van der Waals surface area (Å²) < 4.78 is 47.6. The number of carbonyl (C=O) groups excluding carboxylic acids is 1. The van der Waals surface area contributed by atoms with E-state index in [4.69, 9.17) is 15.2 Å². The van der Waals surface area contributed by atoms with Gasteiger partial charge in [0.25, 0.3) is 0 Å². The lowest BCUT2D eigenvalue weighted by Crippen LogP contribution is -2.23. The maximum Gasteiger partial charge on any atom is 0.416 e. The van der Waals surface area contributed by atoms with Crippen molar-refractivity contribution in [3.05, 3.63) is 29.3 Å². The molecule has 0 fully saturated rings. The van der Waals surface area contributed by atoms with Crippen molar-refractivity contribution in [1.29, 1.82) is 0 Å². The Balaban J connectivity index is 2.70. The third-order valence-corrected chi connectivity index (χ3v) is 2.63. The van der Waals surface area contributed by atoms with Crippen LogP contribution in [0.15, 0.2) is 18.2 Å². The molecular weight excluding hydrogens is 299 g/mol. The highest BCUT2D eigenvalue weighted by Crippen LogP contribution is 2.30. The molecule has 0 aliphatic heterocycles. The quantitative estimate of drug-likeness (QED) is 0.527. The molecule has 1 unspecified atom stereocenters. The van der Waals surface area contributed by atoms with Crippen LogP contribution in [0.5, 0.6) is 0 Å². The van der Waals surface area contributed by atoms with Gasteiger partial charge in [0.2, 0.25) is 0 Å². The van der Waals surface area contributed by atoms with Crippen LogP contribution < -0.4 is 5.73 Å². The minimum Gasteiger partial charge on any atom is -0.464 e. The molecule has 0 amide bonds. The van der Waals surface area contributed by atoms with E-state index in [1.807, 2.05) is 0 Å². The van der Waals surface area contributed by atoms with Crippen molar-refractivity contribution in [3.63, 3.8) is 0 Å². The number of hydrogen-bond donors (Lipinski definition) is 1. The minimum absolute atomic E-state index is 0.0576. The molecule has 2 N–H and O–H groups in total. The molecule has 4 nitrogen and oxygen atoms in total. The smallest absolute Gasteiger partial charge is 0.416 e. The topological polar surface area (TPSA) is 61.5 Å². The minimum atomic E-state index is -4.46. The van der Waals surface area contributed by atoms with E-state index < -0.39 is 23.8 Å². The van der Waals surface area contributed by atoms with E-state index in [9.17, 15) is 18.0 Å². The van der Waals surface area contributed by atoms with Gasteiger partial charge in [0.15, 0.2) is 6.10 Å². The largest absolute Gasteiger partial charge is 0.464 e. The fourth-order valence-electron chi connectivity index (χ4n) is 1.47. The summed E-state index contributed by atoms with van der Waals surface area (Å²) in [7, 11) is 0. The summed E-state index contributed by atoms with van der Waals surface area (Å²) >= 11 is 0. The monoisotopic (exact) mass is 315 g/mol. The summed E-state index contributed by atoms with van der Waals surface area (Å²) in [5, 5.41) is 0. The highest BCUT2D eigenvalue weighted by Gasteiger charge is 2.30. The molecule has 0 saturated carbocycles. The van der Waals surface area contributed by atoms with E-state index in [0.29, 0.717) is 0 Å². The van der Waals surface area contributed by atoms with Crippen LogP contribution in [-0.4, -0.2) is 25.3 Å². The van der Waals surface area contributed by atoms with E-state index in [0.717, 1.165) is 18.2 Å². The molecule has 1 rings (SSSR count). The lowest BCUT2D eigenvalue weighted by molar-refractivity contribution is -0.154. The standard InChI is InChI=1S/C15H16F3NO3/c1-3-21-14(20)10(2)22-8-4-5-11-9-12(15(16,17)18)6-7-13(11)19/h6-7,9-10H,3,8,19H2,1-2H3. The number of nitrogen functional groups attached to an aromatic ring is 1. The van der Waals surface area contributed by atoms with Crippen LogP contribution in [0.2, 0.25) is 0 Å². The van der Waals surface area contributed by atoms with Gasteiger partial charge in [-0.3, -0.25) is 0 Å². The third-order valence-electron chi connectivity index (χ3n) is 2.63. The van der Waals surface area contributed by atoms with Crippen LogP contribution in [-0.2, 0) is 20.4 Å². The summed E-state index contributed by atoms with van der Waals surface area (Å²) in [5.74, 6) is 4.50. The second kappa shape index (κ2) is 7.71. The SMILES string of the molecule is CCOC(=O)C(C)OCC#Cc1cc(C(F)(F)F)ccc1N. The Morgan fingerprint density at radius 2 is 2.09 bits per heavy atom. The molecule has 0 heterocycles. The number of carbonyl (C=O) groups is 1. The Morgan fingerprint density at radius 3 is 2.68 bits per heavy atom. The molecule has 120 valence electrons. The van der Waals surface area contributed by atoms with Crippen molar-refractivity contribution >= 4 is 11.7 Å². The van der Waals surface area contributed by atoms with Crippen molar-refractivity contribution in [3.8, 4) is 11.8 Å². The van der Waals surface area contributed by atoms with Gasteiger partial charge in [-0.05, 0) is 32.0 Å². The van der Waals surface area contributed by atoms with Gasteiger partial charge in [-0.25, -0.2) is 4.79 Å². The van der Waals surface area contributed by atoms with Crippen molar-refractivity contribution in [2.75, 3.05) is 18.9 Å². The second-order valence-corrected chi connectivity index (χ2v) is 4.31. The molecule has 0 spiro atoms. The van der Waals surface area contributed by atoms with Crippen LogP contribution in [0.25, 0.3) is 0 Å². The zero-order valence-electron chi connectivity index (χ0n) is 12.2. The molecular formula is C15H16F3NO3. The number of anilines is 1. The van der Waals surface area contributed by atoms with E-state index in [1.54, 1.807) is 6.92 Å². The first-order valence-electron chi connectivity index (χ1n) is 6.49. The Morgan fingerprint density at radius 1 is 1.41 bits per heavy atom. The molecule has 0 bridgehead atoms. The van der Waals surface area contributed by atoms with Crippen LogP contribution >= 0.6 is 0 Å². The number of nitrogens with two attached hydrogens (primary N) is 1. The van der Waals surface area contributed by atoms with Gasteiger partial charge in [-0.1, -0.05) is 11.8 Å². The molecule has 0 aromatic heterocycles. The van der Waals surface area contributed by atoms with Gasteiger partial charge in [-0.2, -0.15) is 13.2 Å². The van der Waals surface area contributed by atoms with Crippen LogP contribution in [0, 0.1) is 11.8 Å². The third kappa shape index (κ3) is 5.30. The van der Waals surface area contributed by atoms with Gasteiger partial charge >= 0.3 is 12.1 Å². The number of hydrogen-bond acceptors (Lipinski definition) is 4. The highest BCUT2D eigenvalue weighted by molar-refractivity contribution is 5.74. The Labute approximate surface area is 126 Å². The van der Waals surface area contributed by atoms with Crippen molar-refractivity contribution in [2.45, 2.75) is 26.1 Å². The lowest BCUT2D eigenvalue weighted by atomic mass is 10.1. The molecule has 0 aliphatic rings. The first-order chi connectivity index (χ1) is 10.3. The summed E-state index contributed by atoms with van der Waals surface area (Å²) in [5.41, 5.74) is 4.95. The molecule has 22 heavy (non-hydrogen) atoms. The van der Waals surface area contributed by atoms with Crippen LogP contribution in [0.4, 0.5) is 18.9 Å². The molecule has 0 aliphatic carbocycles. The fraction of sp³-hybridized carbons (Fsp3) is 0.400. The molecule has 7 heteroatoms. The van der Waals surface area contributed by atoms with Gasteiger partial charge in [0.05, 0.1) is 12.2 Å². The van der Waals surface area contributed by atoms with Crippen molar-refractivity contribution in [1.82, 2.24) is 0 Å². The fourth-order valence-corrected chi connectivity index (χ4v) is 1.47. The van der Waals surface area contributed by atoms with Gasteiger partial charge in [0, 0.05) is 11.3 Å². The predicted molar refractivity (Wildman–Crippen MR) is 74.8 cm³/mol. The highest BCUT2D eigenvalue weighted by atomic mass is 19.4. The molecule has 0 saturated heterocycles. The Bertz CT molecular complexity index is 588. The van der Waals surface area contributed by atoms with Gasteiger partial charge < -0.3 is 15.2 Å². The summed E-state index contributed by atoms with van der Waals surface area (Å²) in [6.07, 6.45) is -5.26. The average Bonchev–Trinajstić information content (AvgIpc) is 2.44. The van der Waals surface area contributed by atoms with Gasteiger partial charge in [-0.15, -0.1) is 0 Å². The molecule has 1 aromatic carbocycles. The zero-order chi connectivity index (χ0) is 16.8. The Hall–Kier alpha value is -2.20. The van der Waals surface area contributed by atoms with Crippen molar-refractivity contribution < 1.29 is 27.4 Å². The van der Waals surface area contributed by atoms with Crippen LogP contribution in [0.3, 0.4) is 0 Å². The first kappa shape index (κ1) is 17.9. The maximum atomic E-state index is 12.6. The predicted octanol–water partition coefficient (Wildman–Crippen LogP) is 2.61. The lowest BCUT2D eigenvalue weighted by Gasteiger charge is -2.09. The van der Waals surface area contributed by atoms with E-state index >= 15 is 0 Å². The first-order valence-corrected chi connectivity index (χ1v) is 6.49. The van der Waals surface area contributed by atoms with E-state index in [2.05, 4.69) is 11.8 Å². The number of halogens is 3. The molecule has 1 aromatic rings. The zero-order valence-corrected chi connectivity index (χ0v) is 12.2. The maximum absolute atomic E-state index is 12.6. The normalized spacial score (nSPS) is 12.2. The van der Waals surface area contributed by atoms with Gasteiger partial charge in [0.1, 0.15) is 6.61 Å². The number of ether oxygens (including phenoxy) is 2. The van der Waals surface area contributed by atoms with E-state index in [-0.39, 0.29) is 24.5 Å². The molecule has 0 radical (unpaired) electrons. The van der Waals surface area contributed by atoms with Crippen LogP contribution in [0.1, 0.15) is 25.0 Å². The molecule has 1 atom stereocenters. The van der Waals surface area contributed by atoms with E-state index in [1.165, 1.54) is 6.92 Å². The number of benzene rings is 1. The van der Waals surface area contributed by atoms with Crippen molar-refractivity contribution in [2.24, 2.45) is 0 Å². The number of rotatable bonds is 4. The summed E-state index contributed by atoms with van der Waals surface area (Å²) in [6.45, 7) is 3.27.